The number of hydrogen-bond acceptors (Lipinski definition) is 5. The molecule has 0 unspecified atom stereocenters. The van der Waals surface area contributed by atoms with Gasteiger partial charge in [-0.1, -0.05) is 13.8 Å². The zero-order valence-electron chi connectivity index (χ0n) is 18.5. The molecule has 156 valence electrons. The molecule has 0 aliphatic rings. The Bertz CT molecular complexity index is 813. The average Bonchev–Trinajstić information content (AvgIpc) is 2.98. The second kappa shape index (κ2) is 9.01. The number of fused-ring (bicyclic) bond motifs is 1. The molecule has 0 atom stereocenters. The van der Waals surface area contributed by atoms with E-state index >= 15 is 0 Å². The molecule has 0 aliphatic heterocycles. The van der Waals surface area contributed by atoms with E-state index in [2.05, 4.69) is 34.6 Å². The molecule has 0 radical (unpaired) electrons. The summed E-state index contributed by atoms with van der Waals surface area (Å²) in [7, 11) is 3.27. The van der Waals surface area contributed by atoms with Crippen molar-refractivity contribution in [3.63, 3.8) is 0 Å². The van der Waals surface area contributed by atoms with Crippen molar-refractivity contribution < 1.29 is 14.3 Å². The molecule has 0 aromatic carbocycles. The lowest BCUT2D eigenvalue weighted by Crippen LogP contribution is -2.36. The molecule has 0 spiro atoms. The van der Waals surface area contributed by atoms with Crippen molar-refractivity contribution in [1.82, 2.24) is 19.7 Å². The van der Waals surface area contributed by atoms with Gasteiger partial charge in [-0.05, 0) is 39.7 Å². The minimum atomic E-state index is -0.235. The highest BCUT2D eigenvalue weighted by Gasteiger charge is 2.27. The molecule has 0 saturated heterocycles. The molecule has 1 amide bonds. The van der Waals surface area contributed by atoms with Crippen LogP contribution in [0.25, 0.3) is 11.0 Å². The van der Waals surface area contributed by atoms with Crippen molar-refractivity contribution in [2.24, 2.45) is 0 Å². The lowest BCUT2D eigenvalue weighted by atomic mass is 10.0. The first-order valence-electron chi connectivity index (χ1n) is 9.79. The van der Waals surface area contributed by atoms with E-state index in [0.29, 0.717) is 31.9 Å². The Morgan fingerprint density at radius 2 is 1.75 bits per heavy atom. The van der Waals surface area contributed by atoms with Crippen molar-refractivity contribution in [2.75, 3.05) is 40.5 Å². The quantitative estimate of drug-likeness (QED) is 0.691. The summed E-state index contributed by atoms with van der Waals surface area (Å²) in [5.41, 5.74) is 2.88. The minimum Gasteiger partial charge on any atom is -0.383 e. The van der Waals surface area contributed by atoms with Gasteiger partial charge in [0.2, 0.25) is 0 Å². The molecule has 7 nitrogen and oxygen atoms in total. The van der Waals surface area contributed by atoms with Gasteiger partial charge in [-0.15, -0.1) is 0 Å². The highest BCUT2D eigenvalue weighted by molar-refractivity contribution is 6.06. The Kier molecular flexibility index (Phi) is 7.17. The van der Waals surface area contributed by atoms with Gasteiger partial charge in [0.25, 0.3) is 5.91 Å². The summed E-state index contributed by atoms with van der Waals surface area (Å²) in [4.78, 5) is 20.2. The third kappa shape index (κ3) is 4.70. The van der Waals surface area contributed by atoms with Crippen LogP contribution in [0.5, 0.6) is 0 Å². The summed E-state index contributed by atoms with van der Waals surface area (Å²) < 4.78 is 12.3. The van der Waals surface area contributed by atoms with Crippen LogP contribution in [-0.4, -0.2) is 66.1 Å². The Balaban J connectivity index is 2.66. The van der Waals surface area contributed by atoms with E-state index in [9.17, 15) is 4.79 Å². The van der Waals surface area contributed by atoms with E-state index < -0.39 is 0 Å². The maximum atomic E-state index is 13.5. The maximum absolute atomic E-state index is 13.5. The molecular formula is C21H34N4O3. The molecule has 0 saturated carbocycles. The summed E-state index contributed by atoms with van der Waals surface area (Å²) >= 11 is 0. The highest BCUT2D eigenvalue weighted by Crippen LogP contribution is 2.29. The van der Waals surface area contributed by atoms with Crippen LogP contribution in [0, 0.1) is 6.92 Å². The standard InChI is InChI=1S/C21H34N4O3/c1-14(2)17-13-16(20(26)24(9-11-27-7)10-12-28-8)18-15(3)23-25(19(18)22-17)21(4,5)6/h13-14H,9-12H2,1-8H3. The second-order valence-corrected chi connectivity index (χ2v) is 8.39. The van der Waals surface area contributed by atoms with Gasteiger partial charge in [-0.2, -0.15) is 5.10 Å². The summed E-state index contributed by atoms with van der Waals surface area (Å²) in [5, 5.41) is 5.55. The van der Waals surface area contributed by atoms with E-state index in [1.165, 1.54) is 0 Å². The number of ether oxygens (including phenoxy) is 2. The smallest absolute Gasteiger partial charge is 0.254 e. The fraction of sp³-hybridized carbons (Fsp3) is 0.667. The topological polar surface area (TPSA) is 69.5 Å². The number of amides is 1. The van der Waals surface area contributed by atoms with Crippen LogP contribution in [0.1, 0.15) is 62.3 Å². The molecule has 0 bridgehead atoms. The van der Waals surface area contributed by atoms with Gasteiger partial charge in [0.1, 0.15) is 0 Å². The van der Waals surface area contributed by atoms with Gasteiger partial charge < -0.3 is 14.4 Å². The first-order chi connectivity index (χ1) is 13.1. The van der Waals surface area contributed by atoms with Gasteiger partial charge in [0.15, 0.2) is 5.65 Å². The SMILES string of the molecule is COCCN(CCOC)C(=O)c1cc(C(C)C)nc2c1c(C)nn2C(C)(C)C. The van der Waals surface area contributed by atoms with Crippen molar-refractivity contribution in [3.8, 4) is 0 Å². The van der Waals surface area contributed by atoms with Gasteiger partial charge in [-0.3, -0.25) is 4.79 Å². The third-order valence-electron chi connectivity index (χ3n) is 4.71. The number of aryl methyl sites for hydroxylation is 1. The molecule has 2 rings (SSSR count). The Labute approximate surface area is 168 Å². The summed E-state index contributed by atoms with van der Waals surface area (Å²) in [5.74, 6) is 0.158. The fourth-order valence-electron chi connectivity index (χ4n) is 3.13. The number of nitrogens with zero attached hydrogens (tertiary/aromatic N) is 4. The molecule has 7 heteroatoms. The molecule has 2 aromatic rings. The Hall–Kier alpha value is -1.99. The fourth-order valence-corrected chi connectivity index (χ4v) is 3.13. The van der Waals surface area contributed by atoms with E-state index in [1.54, 1.807) is 19.1 Å². The van der Waals surface area contributed by atoms with Gasteiger partial charge in [0, 0.05) is 33.0 Å². The summed E-state index contributed by atoms with van der Waals surface area (Å²) in [6, 6.07) is 1.92. The van der Waals surface area contributed by atoms with E-state index in [1.807, 2.05) is 17.7 Å². The maximum Gasteiger partial charge on any atom is 0.254 e. The molecule has 2 aromatic heterocycles. The normalized spacial score (nSPS) is 12.2. The number of methoxy groups -OCH3 is 2. The van der Waals surface area contributed by atoms with Crippen LogP contribution >= 0.6 is 0 Å². The van der Waals surface area contributed by atoms with Crippen LogP contribution in [0.4, 0.5) is 0 Å². The van der Waals surface area contributed by atoms with Gasteiger partial charge in [-0.25, -0.2) is 9.67 Å². The van der Waals surface area contributed by atoms with E-state index in [0.717, 1.165) is 22.4 Å². The van der Waals surface area contributed by atoms with E-state index in [-0.39, 0.29) is 17.4 Å². The molecular weight excluding hydrogens is 356 g/mol. The first kappa shape index (κ1) is 22.3. The van der Waals surface area contributed by atoms with E-state index in [4.69, 9.17) is 19.6 Å². The van der Waals surface area contributed by atoms with Crippen molar-refractivity contribution in [1.29, 1.82) is 0 Å². The predicted molar refractivity (Wildman–Crippen MR) is 111 cm³/mol. The Morgan fingerprint density at radius 3 is 2.21 bits per heavy atom. The molecule has 28 heavy (non-hydrogen) atoms. The summed E-state index contributed by atoms with van der Waals surface area (Å²) in [6.07, 6.45) is 0. The van der Waals surface area contributed by atoms with Crippen LogP contribution in [0.3, 0.4) is 0 Å². The summed E-state index contributed by atoms with van der Waals surface area (Å²) in [6.45, 7) is 14.3. The van der Waals surface area contributed by atoms with Crippen molar-refractivity contribution >= 4 is 16.9 Å². The monoisotopic (exact) mass is 390 g/mol. The van der Waals surface area contributed by atoms with Crippen molar-refractivity contribution in [2.45, 2.75) is 53.0 Å². The first-order valence-corrected chi connectivity index (χ1v) is 9.79. The number of carbonyl (C=O) groups excluding carboxylic acids is 1. The largest absolute Gasteiger partial charge is 0.383 e. The lowest BCUT2D eigenvalue weighted by Gasteiger charge is -2.24. The predicted octanol–water partition coefficient (Wildman–Crippen LogP) is 3.35. The third-order valence-corrected chi connectivity index (χ3v) is 4.71. The lowest BCUT2D eigenvalue weighted by molar-refractivity contribution is 0.0629. The molecule has 2 heterocycles. The zero-order chi connectivity index (χ0) is 21.1. The minimum absolute atomic E-state index is 0.0417. The number of hydrogen-bond donors (Lipinski definition) is 0. The van der Waals surface area contributed by atoms with Crippen LogP contribution in [-0.2, 0) is 15.0 Å². The second-order valence-electron chi connectivity index (χ2n) is 8.39. The molecule has 0 aliphatic carbocycles. The number of aromatic nitrogens is 3. The zero-order valence-corrected chi connectivity index (χ0v) is 18.5. The van der Waals surface area contributed by atoms with Crippen LogP contribution in [0.2, 0.25) is 0 Å². The number of pyridine rings is 1. The highest BCUT2D eigenvalue weighted by atomic mass is 16.5. The molecule has 0 N–H and O–H groups in total. The Morgan fingerprint density at radius 1 is 1.18 bits per heavy atom. The van der Waals surface area contributed by atoms with Crippen molar-refractivity contribution in [3.05, 3.63) is 23.0 Å². The van der Waals surface area contributed by atoms with Gasteiger partial charge in [0.05, 0.1) is 35.4 Å². The van der Waals surface area contributed by atoms with Gasteiger partial charge >= 0.3 is 0 Å². The number of rotatable bonds is 8. The van der Waals surface area contributed by atoms with Crippen LogP contribution in [0.15, 0.2) is 6.07 Å². The van der Waals surface area contributed by atoms with Crippen LogP contribution < -0.4 is 0 Å². The average molecular weight is 391 g/mol. The number of carbonyl (C=O) groups is 1. The molecule has 0 fully saturated rings.